The van der Waals surface area contributed by atoms with Crippen LogP contribution >= 0.6 is 11.6 Å². The van der Waals surface area contributed by atoms with Crippen molar-refractivity contribution in [3.8, 4) is 0 Å². The SMILES string of the molecule is OC[C@H]1CO[C@](CCl)(c2ccc(F)cc2F)O1. The summed E-state index contributed by atoms with van der Waals surface area (Å²) in [6.07, 6.45) is -0.557. The Bertz CT molecular complexity index is 416. The second-order valence-corrected chi connectivity index (χ2v) is 4.01. The van der Waals surface area contributed by atoms with Gasteiger partial charge in [-0.25, -0.2) is 8.78 Å². The van der Waals surface area contributed by atoms with Crippen molar-refractivity contribution in [1.82, 2.24) is 0 Å². The highest BCUT2D eigenvalue weighted by Gasteiger charge is 2.44. The fourth-order valence-electron chi connectivity index (χ4n) is 1.74. The summed E-state index contributed by atoms with van der Waals surface area (Å²) >= 11 is 5.74. The summed E-state index contributed by atoms with van der Waals surface area (Å²) in [6.45, 7) is -0.137. The Balaban J connectivity index is 2.35. The van der Waals surface area contributed by atoms with Gasteiger partial charge < -0.3 is 14.6 Å². The zero-order chi connectivity index (χ0) is 12.5. The van der Waals surface area contributed by atoms with E-state index in [0.29, 0.717) is 0 Å². The summed E-state index contributed by atoms with van der Waals surface area (Å²) in [4.78, 5) is 0. The number of halogens is 3. The molecule has 2 atom stereocenters. The topological polar surface area (TPSA) is 38.7 Å². The van der Waals surface area contributed by atoms with Gasteiger partial charge in [-0.05, 0) is 12.1 Å². The average molecular weight is 265 g/mol. The molecule has 1 fully saturated rings. The smallest absolute Gasteiger partial charge is 0.212 e. The molecule has 0 bridgehead atoms. The number of benzene rings is 1. The number of rotatable bonds is 3. The lowest BCUT2D eigenvalue weighted by Crippen LogP contribution is -2.32. The molecule has 94 valence electrons. The molecule has 0 unspecified atom stereocenters. The third kappa shape index (κ3) is 2.28. The number of aliphatic hydroxyl groups excluding tert-OH is 1. The molecule has 0 aliphatic carbocycles. The fourth-order valence-corrected chi connectivity index (χ4v) is 2.02. The van der Waals surface area contributed by atoms with Gasteiger partial charge in [0.15, 0.2) is 0 Å². The molecule has 2 rings (SSSR count). The van der Waals surface area contributed by atoms with Gasteiger partial charge in [-0.3, -0.25) is 0 Å². The minimum atomic E-state index is -1.45. The first kappa shape index (κ1) is 12.7. The summed E-state index contributed by atoms with van der Waals surface area (Å²) in [5.41, 5.74) is 0.0323. The van der Waals surface area contributed by atoms with Crippen molar-refractivity contribution in [1.29, 1.82) is 0 Å². The molecule has 0 spiro atoms. The lowest BCUT2D eigenvalue weighted by molar-refractivity contribution is -0.164. The highest BCUT2D eigenvalue weighted by Crippen LogP contribution is 2.36. The second kappa shape index (κ2) is 4.86. The van der Waals surface area contributed by atoms with Crippen molar-refractivity contribution in [3.05, 3.63) is 35.4 Å². The number of ether oxygens (including phenoxy) is 2. The lowest BCUT2D eigenvalue weighted by atomic mass is 10.1. The molecule has 0 radical (unpaired) electrons. The lowest BCUT2D eigenvalue weighted by Gasteiger charge is -2.26. The zero-order valence-electron chi connectivity index (χ0n) is 8.83. The van der Waals surface area contributed by atoms with E-state index in [9.17, 15) is 8.78 Å². The third-order valence-electron chi connectivity index (χ3n) is 2.58. The van der Waals surface area contributed by atoms with Gasteiger partial charge in [0.05, 0.1) is 19.1 Å². The van der Waals surface area contributed by atoms with Gasteiger partial charge in [0.1, 0.15) is 17.7 Å². The Morgan fingerprint density at radius 2 is 2.24 bits per heavy atom. The molecule has 17 heavy (non-hydrogen) atoms. The van der Waals surface area contributed by atoms with Crippen LogP contribution in [0, 0.1) is 11.6 Å². The minimum Gasteiger partial charge on any atom is -0.394 e. The highest BCUT2D eigenvalue weighted by molar-refractivity contribution is 6.18. The van der Waals surface area contributed by atoms with Crippen LogP contribution in [0.25, 0.3) is 0 Å². The van der Waals surface area contributed by atoms with Gasteiger partial charge in [-0.2, -0.15) is 0 Å². The van der Waals surface area contributed by atoms with E-state index in [4.69, 9.17) is 26.2 Å². The molecule has 3 nitrogen and oxygen atoms in total. The van der Waals surface area contributed by atoms with E-state index in [1.54, 1.807) is 0 Å². The summed E-state index contributed by atoms with van der Waals surface area (Å²) < 4.78 is 37.2. The van der Waals surface area contributed by atoms with Crippen molar-refractivity contribution in [2.45, 2.75) is 11.9 Å². The first-order valence-electron chi connectivity index (χ1n) is 5.05. The van der Waals surface area contributed by atoms with Crippen LogP contribution < -0.4 is 0 Å². The first-order valence-corrected chi connectivity index (χ1v) is 5.59. The molecule has 1 heterocycles. The van der Waals surface area contributed by atoms with E-state index in [1.165, 1.54) is 6.07 Å². The van der Waals surface area contributed by atoms with Crippen LogP contribution in [-0.4, -0.2) is 30.3 Å². The maximum Gasteiger partial charge on any atom is 0.212 e. The number of hydrogen-bond donors (Lipinski definition) is 1. The van der Waals surface area contributed by atoms with Crippen LogP contribution in [0.3, 0.4) is 0 Å². The molecule has 1 N–H and O–H groups in total. The van der Waals surface area contributed by atoms with Crippen molar-refractivity contribution >= 4 is 11.6 Å². The van der Waals surface area contributed by atoms with Gasteiger partial charge in [0.2, 0.25) is 5.79 Å². The van der Waals surface area contributed by atoms with E-state index < -0.39 is 23.5 Å². The van der Waals surface area contributed by atoms with Crippen molar-refractivity contribution in [2.24, 2.45) is 0 Å². The first-order chi connectivity index (χ1) is 8.11. The quantitative estimate of drug-likeness (QED) is 0.846. The Labute approximate surface area is 102 Å². The Morgan fingerprint density at radius 3 is 2.76 bits per heavy atom. The van der Waals surface area contributed by atoms with Crippen LogP contribution in [0.1, 0.15) is 5.56 Å². The predicted molar refractivity (Wildman–Crippen MR) is 56.7 cm³/mol. The zero-order valence-corrected chi connectivity index (χ0v) is 9.58. The molecule has 1 saturated heterocycles. The number of alkyl halides is 1. The van der Waals surface area contributed by atoms with E-state index in [1.807, 2.05) is 0 Å². The third-order valence-corrected chi connectivity index (χ3v) is 2.93. The Hall–Kier alpha value is -0.750. The predicted octanol–water partition coefficient (Wildman–Crippen LogP) is 1.76. The van der Waals surface area contributed by atoms with Crippen LogP contribution in [0.4, 0.5) is 8.78 Å². The maximum absolute atomic E-state index is 13.6. The standard InChI is InChI=1S/C11H11ClF2O3/c12-6-11(16-5-8(4-15)17-11)9-2-1-7(13)3-10(9)14/h1-3,8,15H,4-6H2/t8-,11-/m0/s1. The van der Waals surface area contributed by atoms with E-state index in [2.05, 4.69) is 0 Å². The summed E-state index contributed by atoms with van der Waals surface area (Å²) in [6, 6.07) is 3.07. The second-order valence-electron chi connectivity index (χ2n) is 3.74. The number of aliphatic hydroxyl groups is 1. The van der Waals surface area contributed by atoms with Crippen molar-refractivity contribution in [3.63, 3.8) is 0 Å². The summed E-state index contributed by atoms with van der Waals surface area (Å²) in [7, 11) is 0. The largest absolute Gasteiger partial charge is 0.394 e. The van der Waals surface area contributed by atoms with Crippen molar-refractivity contribution < 1.29 is 23.4 Å². The van der Waals surface area contributed by atoms with E-state index >= 15 is 0 Å². The van der Waals surface area contributed by atoms with Gasteiger partial charge in [0, 0.05) is 11.6 Å². The molecule has 0 amide bonds. The van der Waals surface area contributed by atoms with Gasteiger partial charge >= 0.3 is 0 Å². The Kier molecular flexibility index (Phi) is 3.63. The van der Waals surface area contributed by atoms with Crippen molar-refractivity contribution in [2.75, 3.05) is 19.1 Å². The average Bonchev–Trinajstić information content (AvgIpc) is 2.74. The van der Waals surface area contributed by atoms with Crippen LogP contribution in [0.15, 0.2) is 18.2 Å². The molecule has 6 heteroatoms. The molecule has 0 saturated carbocycles. The Morgan fingerprint density at radius 1 is 1.47 bits per heavy atom. The molecule has 0 aromatic heterocycles. The normalized spacial score (nSPS) is 28.6. The molecule has 1 aliphatic heterocycles. The summed E-state index contributed by atoms with van der Waals surface area (Å²) in [5, 5.41) is 8.95. The molecular formula is C11H11ClF2O3. The monoisotopic (exact) mass is 264 g/mol. The maximum atomic E-state index is 13.6. The van der Waals surface area contributed by atoms with Gasteiger partial charge in [-0.15, -0.1) is 11.6 Å². The van der Waals surface area contributed by atoms with Crippen LogP contribution in [0.5, 0.6) is 0 Å². The van der Waals surface area contributed by atoms with E-state index in [-0.39, 0.29) is 24.7 Å². The van der Waals surface area contributed by atoms with Crippen LogP contribution in [-0.2, 0) is 15.3 Å². The van der Waals surface area contributed by atoms with Gasteiger partial charge in [0.25, 0.3) is 0 Å². The van der Waals surface area contributed by atoms with Crippen LogP contribution in [0.2, 0.25) is 0 Å². The van der Waals surface area contributed by atoms with E-state index in [0.717, 1.165) is 12.1 Å². The summed E-state index contributed by atoms with van der Waals surface area (Å²) in [5.74, 6) is -3.07. The number of hydrogen-bond acceptors (Lipinski definition) is 3. The molecule has 1 aromatic carbocycles. The highest BCUT2D eigenvalue weighted by atomic mass is 35.5. The fraction of sp³-hybridized carbons (Fsp3) is 0.455. The van der Waals surface area contributed by atoms with Gasteiger partial charge in [-0.1, -0.05) is 0 Å². The molecule has 1 aromatic rings. The minimum absolute atomic E-state index is 0.0323. The molecular weight excluding hydrogens is 254 g/mol. The molecule has 1 aliphatic rings.